The molecular formula is C78H97Cl2N11O34P2. The van der Waals surface area contributed by atoms with Gasteiger partial charge in [-0.3, -0.25) is 52.3 Å². The van der Waals surface area contributed by atoms with E-state index in [9.17, 15) is 98.6 Å². The summed E-state index contributed by atoms with van der Waals surface area (Å²) in [6.07, 6.45) is -26.9. The first-order valence-electron chi connectivity index (χ1n) is 39.3. The van der Waals surface area contributed by atoms with Crippen LogP contribution < -0.4 is 73.9 Å². The molecule has 49 heteroatoms. The summed E-state index contributed by atoms with van der Waals surface area (Å²) in [5.74, 6) is -21.3. The van der Waals surface area contributed by atoms with E-state index in [-0.39, 0.29) is 24.3 Å². The number of hydrogen-bond donors (Lipinski definition) is 24. The van der Waals surface area contributed by atoms with Gasteiger partial charge in [-0.15, -0.1) is 0 Å². The number of aromatic hydroxyl groups is 3. The number of aliphatic hydroxyl groups is 5. The van der Waals surface area contributed by atoms with Crippen molar-refractivity contribution in [2.24, 2.45) is 23.1 Å². The highest BCUT2D eigenvalue weighted by atomic mass is 35.5. The summed E-state index contributed by atoms with van der Waals surface area (Å²) in [6, 6.07) is -2.81. The average molecular weight is 1870 g/mol. The number of benzene rings is 5. The Morgan fingerprint density at radius 1 is 0.646 bits per heavy atom. The lowest BCUT2D eigenvalue weighted by atomic mass is 9.86. The molecule has 692 valence electrons. The molecule has 27 N–H and O–H groups in total. The number of carbonyl (C=O) groups is 10. The van der Waals surface area contributed by atoms with Gasteiger partial charge in [0.25, 0.3) is 0 Å². The van der Waals surface area contributed by atoms with Gasteiger partial charge in [0.1, 0.15) is 83.4 Å². The number of fused-ring (bicyclic) bond motifs is 15. The Labute approximate surface area is 731 Å². The van der Waals surface area contributed by atoms with Gasteiger partial charge in [0, 0.05) is 53.1 Å². The van der Waals surface area contributed by atoms with Crippen LogP contribution in [0.4, 0.5) is 0 Å². The van der Waals surface area contributed by atoms with Gasteiger partial charge in [0.2, 0.25) is 64.8 Å². The molecule has 0 saturated carbocycles. The quantitative estimate of drug-likeness (QED) is 0.0305. The number of likely N-dealkylation sites (N-methyl/N-ethyl adjacent to an activating group) is 1. The molecule has 8 heterocycles. The lowest BCUT2D eigenvalue weighted by Gasteiger charge is -2.47. The van der Waals surface area contributed by atoms with E-state index in [0.717, 1.165) is 72.8 Å². The minimum absolute atomic E-state index is 0.0123. The molecular weight excluding hydrogens is 1770 g/mol. The number of nitrogens with two attached hydrogens (primary N) is 3. The molecule has 5 aromatic carbocycles. The highest BCUT2D eigenvalue weighted by Crippen LogP contribution is 2.59. The lowest BCUT2D eigenvalue weighted by Crippen LogP contribution is -2.64. The zero-order chi connectivity index (χ0) is 93.5. The van der Waals surface area contributed by atoms with Crippen molar-refractivity contribution in [2.75, 3.05) is 13.7 Å². The number of primary amides is 1. The van der Waals surface area contributed by atoms with Crippen molar-refractivity contribution < 1.29 is 165 Å². The minimum atomic E-state index is -5.84. The third kappa shape index (κ3) is 22.3. The van der Waals surface area contributed by atoms with Crippen LogP contribution >= 0.6 is 38.4 Å². The number of hydrogen-bond acceptors (Lipinski definition) is 32. The summed E-state index contributed by atoms with van der Waals surface area (Å²) in [6.45, 7) is 8.12. The molecule has 3 saturated heterocycles. The molecule has 0 spiro atoms. The van der Waals surface area contributed by atoms with Gasteiger partial charge in [-0.25, -0.2) is 4.79 Å². The number of aliphatic carboxylic acids is 1. The molecule has 13 rings (SSSR count). The number of amides is 8. The monoisotopic (exact) mass is 1860 g/mol. The van der Waals surface area contributed by atoms with Gasteiger partial charge in [-0.1, -0.05) is 55.2 Å². The maximum atomic E-state index is 16.6. The first-order valence-corrected chi connectivity index (χ1v) is 43.5. The predicted molar refractivity (Wildman–Crippen MR) is 435 cm³/mol. The first kappa shape index (κ1) is 97.6. The highest BCUT2D eigenvalue weighted by Gasteiger charge is 2.53. The van der Waals surface area contributed by atoms with Gasteiger partial charge in [0.15, 0.2) is 42.3 Å². The van der Waals surface area contributed by atoms with Crippen molar-refractivity contribution in [3.63, 3.8) is 0 Å². The van der Waals surface area contributed by atoms with Crippen LogP contribution in [0.15, 0.2) is 78.9 Å². The standard InChI is InChI=1S/C78H97Cl2N11O34P2/c1-28(2)16-40(84-7)68(103)90-58-62(122-51(98)15-14-50(97)86-76(126(111,112)113)127(114,115)116)32-9-12-44(38(79)18-32)119-46-20-34-21-47(64(46)125-75-65(61(100)60(99)48(27-92)121-75)124-53-26-78(6,83)67(102)30(4)118-53)120-45-13-10-33(19-39(45)80)63(123-52-25-77(5,82)66(101)29(3)117-52)59-73(108)89-57(74(109)110)37-22-35(93)23-43(95)54(37)36-17-31(8-11-42(36)94)55(70(105)91-59)88-71(106)56(34)87-69(104)41(24-49(81)96)85-72(58)107/h8-13,17-23,28-30,40-41,48,52-53,55-63,65-67,75-76,84,92-95,99-102H,14-16,24-27,82-83H2,1-7H3,(H2,81,96)(H,85,107)(H,86,97)(H,87,104)(H,88,106)(H,89,108)(H,90,103)(H,91,105)(H,109,110)(H2,111,112,113)(H2,114,115,116)/t29-,30-,40+,41-,48+,52-,53-,55+,56+,57-,58+,59-,60+,61-,62+,63+,65+,66-,67-,75-,77-,78-/m0/s1. The van der Waals surface area contributed by atoms with Crippen molar-refractivity contribution in [1.82, 2.24) is 42.5 Å². The number of rotatable bonds is 22. The zero-order valence-corrected chi connectivity index (χ0v) is 71.7. The summed E-state index contributed by atoms with van der Waals surface area (Å²) in [4.78, 5) is 189. The Morgan fingerprint density at radius 2 is 1.20 bits per heavy atom. The number of carboxylic acid groups (broad SMARTS) is 1. The molecule has 8 aliphatic heterocycles. The van der Waals surface area contributed by atoms with Crippen LogP contribution in [0.2, 0.25) is 10.0 Å². The molecule has 127 heavy (non-hydrogen) atoms. The smallest absolute Gasteiger partial charge is 0.360 e. The summed E-state index contributed by atoms with van der Waals surface area (Å²) in [5.41, 5.74) is 9.46. The van der Waals surface area contributed by atoms with E-state index in [4.69, 9.17) is 83.0 Å². The number of halogens is 2. The second-order valence-corrected chi connectivity index (χ2v) is 36.9. The van der Waals surface area contributed by atoms with Gasteiger partial charge in [-0.2, -0.15) is 0 Å². The predicted octanol–water partition coefficient (Wildman–Crippen LogP) is -0.570. The van der Waals surface area contributed by atoms with Gasteiger partial charge in [0.05, 0.1) is 60.0 Å². The molecule has 0 unspecified atom stereocenters. The van der Waals surface area contributed by atoms with Gasteiger partial charge in [-0.05, 0) is 124 Å². The fourth-order valence-electron chi connectivity index (χ4n) is 15.4. The van der Waals surface area contributed by atoms with Crippen molar-refractivity contribution in [3.8, 4) is 57.1 Å². The van der Waals surface area contributed by atoms with Gasteiger partial charge >= 0.3 is 27.1 Å². The number of esters is 1. The molecule has 0 aliphatic carbocycles. The lowest BCUT2D eigenvalue weighted by molar-refractivity contribution is -0.333. The zero-order valence-electron chi connectivity index (χ0n) is 68.4. The van der Waals surface area contributed by atoms with Crippen LogP contribution in [0.5, 0.6) is 46.0 Å². The Hall–Kier alpha value is -10.0. The Balaban J connectivity index is 1.19. The van der Waals surface area contributed by atoms with E-state index in [0.29, 0.717) is 0 Å². The van der Waals surface area contributed by atoms with Crippen LogP contribution in [0.3, 0.4) is 0 Å². The largest absolute Gasteiger partial charge is 0.508 e. The molecule has 0 radical (unpaired) electrons. The second-order valence-electron chi connectivity index (χ2n) is 32.3. The third-order valence-corrected chi connectivity index (χ3v) is 25.8. The van der Waals surface area contributed by atoms with Crippen molar-refractivity contribution in [1.29, 1.82) is 0 Å². The van der Waals surface area contributed by atoms with E-state index in [1.54, 1.807) is 13.8 Å². The normalized spacial score (nSPS) is 29.7. The summed E-state index contributed by atoms with van der Waals surface area (Å²) >= 11 is 14.7. The number of ether oxygens (including phenoxy) is 9. The van der Waals surface area contributed by atoms with Crippen molar-refractivity contribution in [3.05, 3.63) is 117 Å². The molecule has 0 aromatic heterocycles. The maximum Gasteiger partial charge on any atom is 0.360 e. The summed E-state index contributed by atoms with van der Waals surface area (Å²) < 4.78 is 82.0. The van der Waals surface area contributed by atoms with Crippen LogP contribution in [0, 0.1) is 5.92 Å². The third-order valence-electron chi connectivity index (χ3n) is 21.9. The van der Waals surface area contributed by atoms with Crippen molar-refractivity contribution >= 4 is 97.6 Å². The van der Waals surface area contributed by atoms with Crippen LogP contribution in [0.25, 0.3) is 11.1 Å². The number of carbonyl (C=O) groups excluding carboxylic acids is 9. The van der Waals surface area contributed by atoms with Crippen molar-refractivity contribution in [2.45, 2.75) is 219 Å². The first-order chi connectivity index (χ1) is 59.4. The van der Waals surface area contributed by atoms with Crippen LogP contribution in [-0.4, -0.2) is 247 Å². The molecule has 11 bridgehead atoms. The van der Waals surface area contributed by atoms with E-state index in [1.165, 1.54) is 46.1 Å². The fraction of sp³-hybridized carbons (Fsp3) is 0.487. The topological polar surface area (TPSA) is 725 Å². The average Bonchev–Trinajstić information content (AvgIpc) is 0.764. The minimum Gasteiger partial charge on any atom is -0.508 e. The summed E-state index contributed by atoms with van der Waals surface area (Å²) in [5, 5.41) is 121. The van der Waals surface area contributed by atoms with Crippen LogP contribution in [0.1, 0.15) is 138 Å². The number of phenolic OH excluding ortho intramolecular Hbond substituents is 3. The Morgan fingerprint density at radius 3 is 1.73 bits per heavy atom. The number of nitrogens with one attached hydrogen (secondary N) is 8. The Bertz CT molecular complexity index is 5160. The fourth-order valence-corrected chi connectivity index (χ4v) is 18.0. The maximum absolute atomic E-state index is 16.6. The molecule has 8 aliphatic rings. The number of aliphatic hydroxyl groups excluding tert-OH is 5. The number of phenols is 3. The summed E-state index contributed by atoms with van der Waals surface area (Å²) in [7, 11) is -10.3. The second kappa shape index (κ2) is 39.1. The van der Waals surface area contributed by atoms with E-state index >= 15 is 24.0 Å². The molecule has 22 atom stereocenters. The van der Waals surface area contributed by atoms with Crippen LogP contribution in [-0.2, 0) is 85.5 Å². The number of carboxylic acids is 1. The van der Waals surface area contributed by atoms with Gasteiger partial charge < -0.3 is 168 Å². The molecule has 45 nitrogen and oxygen atoms in total. The van der Waals surface area contributed by atoms with E-state index in [1.807, 2.05) is 0 Å². The SMILES string of the molecule is CN[C@H](CC(C)C)C(=O)N[C@H]1C(=O)N[C@@H](CC(N)=O)C(=O)N[C@H]2C(=O)N[C@H]3C(=O)N[C@H](C(=O)N[C@H](C(=O)O)c4cc(O)cc(O)c4-c4cc3ccc4O)[C@H](O[C@H]3C[C@](C)(N)[C@@H](O)[C@H](C)O3)c3ccc(c(Cl)c3)Oc3cc2cc(c3O[C@@H]2O[C@H](CO)[C@@H](O)[C@H](O)[C@H]2O[C@H]2C[C@](C)(N)[C@@H](O)[C@H](C)O2)Oc2ccc(cc2Cl)[C@H]1OC(=O)CCC(=O)NC(P(=O)(O)O)P(=O)(O)O. The molecule has 5 aromatic rings. The highest BCUT2D eigenvalue weighted by molar-refractivity contribution is 7.70. The molecule has 3 fully saturated rings. The van der Waals surface area contributed by atoms with E-state index in [2.05, 4.69) is 37.2 Å². The van der Waals surface area contributed by atoms with E-state index < -0.39 is 335 Å². The Kier molecular flexibility index (Phi) is 30.0. The molecule has 8 amide bonds.